The van der Waals surface area contributed by atoms with Crippen LogP contribution in [0.4, 0.5) is 5.69 Å². The number of nitrogens with one attached hydrogen (secondary N) is 2. The Morgan fingerprint density at radius 3 is 2.19 bits per heavy atom. The molecule has 1 aliphatic heterocycles. The number of carbonyl (C=O) groups is 1. The van der Waals surface area contributed by atoms with Crippen molar-refractivity contribution >= 4 is 23.2 Å². The molecule has 52 heavy (non-hydrogen) atoms. The Morgan fingerprint density at radius 1 is 0.769 bits per heavy atom. The van der Waals surface area contributed by atoms with Gasteiger partial charge in [0.25, 0.3) is 5.91 Å². The number of nitrogens with zero attached hydrogens (tertiary/aromatic N) is 1. The van der Waals surface area contributed by atoms with E-state index in [0.717, 1.165) is 11.1 Å². The van der Waals surface area contributed by atoms with Crippen molar-refractivity contribution in [2.45, 2.75) is 19.0 Å². The van der Waals surface area contributed by atoms with Crippen LogP contribution in [0, 0.1) is 0 Å². The van der Waals surface area contributed by atoms with Crippen molar-refractivity contribution in [1.29, 1.82) is 0 Å². The molecule has 0 saturated heterocycles. The van der Waals surface area contributed by atoms with Crippen LogP contribution in [-0.4, -0.2) is 53.2 Å². The number of amides is 1. The van der Waals surface area contributed by atoms with Gasteiger partial charge in [-0.3, -0.25) is 4.79 Å². The number of halogens is 1. The number of allylic oxidation sites excluding steroid dienone is 1. The summed E-state index contributed by atoms with van der Waals surface area (Å²) in [6.45, 7) is 4.49. The first-order valence-corrected chi connectivity index (χ1v) is 16.6. The molecule has 1 amide bonds. The Balaban J connectivity index is 1.06. The van der Waals surface area contributed by atoms with Gasteiger partial charge in [0.2, 0.25) is 5.75 Å². The molecule has 1 atom stereocenters. The van der Waals surface area contributed by atoms with E-state index in [4.69, 9.17) is 49.3 Å². The van der Waals surface area contributed by atoms with Gasteiger partial charge in [-0.2, -0.15) is 0 Å². The van der Waals surface area contributed by atoms with Gasteiger partial charge in [0, 0.05) is 34.3 Å². The fraction of sp³-hybridized carbons (Fsp3) is 0.231. The summed E-state index contributed by atoms with van der Waals surface area (Å²) < 4.78 is 45.4. The van der Waals surface area contributed by atoms with Gasteiger partial charge in [-0.15, -0.1) is 0 Å². The molecule has 0 fully saturated rings. The zero-order valence-corrected chi connectivity index (χ0v) is 30.1. The van der Waals surface area contributed by atoms with E-state index in [9.17, 15) is 4.79 Å². The number of aromatic nitrogens is 1. The lowest BCUT2D eigenvalue weighted by Gasteiger charge is -2.28. The number of fused-ring (bicyclic) bond motifs is 1. The van der Waals surface area contributed by atoms with E-state index < -0.39 is 6.17 Å². The zero-order chi connectivity index (χ0) is 36.8. The predicted octanol–water partition coefficient (Wildman–Crippen LogP) is 8.31. The molecule has 13 heteroatoms. The minimum absolute atomic E-state index is 0.216. The second kappa shape index (κ2) is 15.9. The highest BCUT2D eigenvalue weighted by atomic mass is 35.5. The van der Waals surface area contributed by atoms with E-state index in [-0.39, 0.29) is 5.91 Å². The molecule has 12 nitrogen and oxygen atoms in total. The second-order valence-corrected chi connectivity index (χ2v) is 12.0. The fourth-order valence-corrected chi connectivity index (χ4v) is 5.90. The third-order valence-corrected chi connectivity index (χ3v) is 8.59. The van der Waals surface area contributed by atoms with E-state index in [1.807, 2.05) is 36.4 Å². The van der Waals surface area contributed by atoms with E-state index in [1.165, 1.54) is 0 Å². The van der Waals surface area contributed by atoms with Crippen LogP contribution >= 0.6 is 11.6 Å². The normalized spacial score (nSPS) is 13.3. The summed E-state index contributed by atoms with van der Waals surface area (Å²) in [5, 5.41) is 11.1. The van der Waals surface area contributed by atoms with Crippen molar-refractivity contribution in [1.82, 2.24) is 10.5 Å². The van der Waals surface area contributed by atoms with E-state index in [1.54, 1.807) is 71.9 Å². The summed E-state index contributed by atoms with van der Waals surface area (Å²) in [6, 6.07) is 21.6. The highest BCUT2D eigenvalue weighted by Gasteiger charge is 2.26. The molecule has 0 spiro atoms. The molecule has 6 rings (SSSR count). The molecule has 1 aliphatic rings. The average Bonchev–Trinajstić information content (AvgIpc) is 3.66. The SMILES string of the molecule is C=C(CCCOc1ccc(C2NC(=O)c3cc(Cl)ccc3N2)cc1OC)Oc1cc(-c2cc(-c3cc(OC)c(OC)c(OC)c3)on2)ccc1OC. The van der Waals surface area contributed by atoms with Crippen molar-refractivity contribution in [3.63, 3.8) is 0 Å². The third kappa shape index (κ3) is 7.66. The Morgan fingerprint density at radius 2 is 1.48 bits per heavy atom. The fourth-order valence-electron chi connectivity index (χ4n) is 5.72. The smallest absolute Gasteiger partial charge is 0.255 e. The Hall–Kier alpha value is -6.01. The molecular weight excluding hydrogens is 690 g/mol. The molecule has 0 aliphatic carbocycles. The lowest BCUT2D eigenvalue weighted by Crippen LogP contribution is -2.38. The van der Waals surface area contributed by atoms with Crippen LogP contribution in [0.2, 0.25) is 5.02 Å². The molecular formula is C39H38ClN3O9. The van der Waals surface area contributed by atoms with Crippen LogP contribution in [0.25, 0.3) is 22.6 Å². The topological polar surface area (TPSA) is 132 Å². The number of methoxy groups -OCH3 is 5. The Bertz CT molecular complexity index is 2070. The van der Waals surface area contributed by atoms with Crippen molar-refractivity contribution in [3.8, 4) is 62.8 Å². The maximum absolute atomic E-state index is 12.7. The summed E-state index contributed by atoms with van der Waals surface area (Å²) in [4.78, 5) is 12.7. The average molecular weight is 728 g/mol. The molecule has 2 heterocycles. The molecule has 2 N–H and O–H groups in total. The summed E-state index contributed by atoms with van der Waals surface area (Å²) in [7, 11) is 7.80. The summed E-state index contributed by atoms with van der Waals surface area (Å²) in [6.07, 6.45) is 0.685. The highest BCUT2D eigenvalue weighted by Crippen LogP contribution is 2.42. The lowest BCUT2D eigenvalue weighted by atomic mass is 10.1. The third-order valence-electron chi connectivity index (χ3n) is 8.35. The Kier molecular flexibility index (Phi) is 10.9. The summed E-state index contributed by atoms with van der Waals surface area (Å²) in [5.74, 6) is 4.42. The Labute approximate surface area is 306 Å². The van der Waals surface area contributed by atoms with Crippen molar-refractivity contribution in [2.75, 3.05) is 47.5 Å². The number of rotatable bonds is 15. The molecule has 1 unspecified atom stereocenters. The standard InChI is InChI=1S/C39H38ClN3O9/c1-22(8-7-15-50-31-14-10-24(17-33(31)46-3)38-41-28-12-11-26(40)20-27(28)39(44)42-38)51-34-16-23(9-13-30(34)45-2)29-21-32(52-43-29)25-18-35(47-4)37(49-6)36(19-25)48-5/h9-14,16-21,38,41H,1,7-8,15H2,2-6H3,(H,42,44). The molecule has 4 aromatic carbocycles. The number of benzene rings is 4. The molecule has 0 bridgehead atoms. The first-order valence-electron chi connectivity index (χ1n) is 16.2. The van der Waals surface area contributed by atoms with Crippen LogP contribution < -0.4 is 43.8 Å². The molecule has 5 aromatic rings. The summed E-state index contributed by atoms with van der Waals surface area (Å²) >= 11 is 6.07. The second-order valence-electron chi connectivity index (χ2n) is 11.6. The number of hydrogen-bond acceptors (Lipinski definition) is 11. The van der Waals surface area contributed by atoms with Gasteiger partial charge >= 0.3 is 0 Å². The number of anilines is 1. The lowest BCUT2D eigenvalue weighted by molar-refractivity contribution is 0.0935. The number of carbonyl (C=O) groups excluding carboxylic acids is 1. The number of ether oxygens (including phenoxy) is 7. The van der Waals surface area contributed by atoms with Crippen molar-refractivity contribution in [3.05, 3.63) is 101 Å². The summed E-state index contributed by atoms with van der Waals surface area (Å²) in [5.41, 5.74) is 4.04. The van der Waals surface area contributed by atoms with E-state index in [0.29, 0.717) is 98.7 Å². The maximum atomic E-state index is 12.7. The van der Waals surface area contributed by atoms with Gasteiger partial charge in [0.1, 0.15) is 11.9 Å². The van der Waals surface area contributed by atoms with Gasteiger partial charge in [-0.05, 0) is 72.6 Å². The molecule has 1 aromatic heterocycles. The van der Waals surface area contributed by atoms with Crippen LogP contribution in [0.5, 0.6) is 40.2 Å². The van der Waals surface area contributed by atoms with Gasteiger partial charge in [0.05, 0.1) is 53.5 Å². The van der Waals surface area contributed by atoms with Crippen molar-refractivity contribution in [2.24, 2.45) is 0 Å². The van der Waals surface area contributed by atoms with Gasteiger partial charge in [-0.25, -0.2) is 0 Å². The quantitative estimate of drug-likeness (QED) is 0.0797. The predicted molar refractivity (Wildman–Crippen MR) is 196 cm³/mol. The van der Waals surface area contributed by atoms with E-state index in [2.05, 4.69) is 22.4 Å². The minimum Gasteiger partial charge on any atom is -0.493 e. The van der Waals surface area contributed by atoms with Crippen LogP contribution in [0.15, 0.2) is 89.7 Å². The highest BCUT2D eigenvalue weighted by molar-refractivity contribution is 6.31. The van der Waals surface area contributed by atoms with E-state index >= 15 is 0 Å². The van der Waals surface area contributed by atoms with Gasteiger partial charge in [0.15, 0.2) is 40.3 Å². The first-order chi connectivity index (χ1) is 25.2. The van der Waals surface area contributed by atoms with Gasteiger partial charge in [-0.1, -0.05) is 29.4 Å². The molecule has 0 radical (unpaired) electrons. The largest absolute Gasteiger partial charge is 0.493 e. The maximum Gasteiger partial charge on any atom is 0.255 e. The van der Waals surface area contributed by atoms with Crippen LogP contribution in [0.1, 0.15) is 34.9 Å². The zero-order valence-electron chi connectivity index (χ0n) is 29.3. The first kappa shape index (κ1) is 35.8. The van der Waals surface area contributed by atoms with Crippen LogP contribution in [-0.2, 0) is 0 Å². The minimum atomic E-state index is -0.451. The number of hydrogen-bond donors (Lipinski definition) is 2. The van der Waals surface area contributed by atoms with Gasteiger partial charge < -0.3 is 48.3 Å². The molecule has 270 valence electrons. The molecule has 0 saturated carbocycles. The monoisotopic (exact) mass is 727 g/mol. The van der Waals surface area contributed by atoms with Crippen LogP contribution in [0.3, 0.4) is 0 Å². The van der Waals surface area contributed by atoms with Crippen molar-refractivity contribution < 1.29 is 42.5 Å².